The first-order valence-corrected chi connectivity index (χ1v) is 6.85. The second-order valence-electron chi connectivity index (χ2n) is 5.53. The molecular formula is C14H22N2O2. The number of hydrogen-bond acceptors (Lipinski definition) is 2. The molecule has 0 aromatic rings. The molecule has 0 aromatic carbocycles. The summed E-state index contributed by atoms with van der Waals surface area (Å²) in [6, 6.07) is 0.202. The van der Waals surface area contributed by atoms with E-state index in [4.69, 9.17) is 5.73 Å². The van der Waals surface area contributed by atoms with Gasteiger partial charge in [-0.25, -0.2) is 0 Å². The molecule has 100 valence electrons. The van der Waals surface area contributed by atoms with E-state index in [9.17, 15) is 9.59 Å². The highest BCUT2D eigenvalue weighted by Gasteiger charge is 2.28. The van der Waals surface area contributed by atoms with Gasteiger partial charge in [0.25, 0.3) is 0 Å². The molecule has 2 aliphatic carbocycles. The van der Waals surface area contributed by atoms with Crippen molar-refractivity contribution in [2.75, 3.05) is 6.54 Å². The van der Waals surface area contributed by atoms with E-state index in [1.54, 1.807) is 11.0 Å². The number of nitrogens with two attached hydrogens (primary N) is 1. The molecule has 0 aromatic heterocycles. The van der Waals surface area contributed by atoms with Crippen molar-refractivity contribution in [1.82, 2.24) is 4.90 Å². The van der Waals surface area contributed by atoms with Crippen molar-refractivity contribution in [2.45, 2.75) is 51.5 Å². The van der Waals surface area contributed by atoms with E-state index >= 15 is 0 Å². The molecule has 0 aliphatic heterocycles. The molecule has 4 heteroatoms. The Morgan fingerprint density at radius 3 is 2.33 bits per heavy atom. The maximum Gasteiger partial charge on any atom is 0.247 e. The Balaban J connectivity index is 2.04. The SMILES string of the molecule is CC(=CC(=O)N(CC(N)=O)C1CCCC1)C1CC1. The van der Waals surface area contributed by atoms with E-state index in [1.165, 1.54) is 12.8 Å². The van der Waals surface area contributed by atoms with Gasteiger partial charge in [0.2, 0.25) is 11.8 Å². The monoisotopic (exact) mass is 250 g/mol. The fraction of sp³-hybridized carbons (Fsp3) is 0.714. The Morgan fingerprint density at radius 1 is 1.22 bits per heavy atom. The summed E-state index contributed by atoms with van der Waals surface area (Å²) < 4.78 is 0. The van der Waals surface area contributed by atoms with E-state index in [0.29, 0.717) is 5.92 Å². The zero-order valence-electron chi connectivity index (χ0n) is 11.0. The van der Waals surface area contributed by atoms with E-state index in [2.05, 4.69) is 0 Å². The molecule has 0 spiro atoms. The lowest BCUT2D eigenvalue weighted by Gasteiger charge is -2.26. The van der Waals surface area contributed by atoms with Gasteiger partial charge in [-0.2, -0.15) is 0 Å². The average Bonchev–Trinajstić information content (AvgIpc) is 3.02. The Labute approximate surface area is 108 Å². The van der Waals surface area contributed by atoms with Gasteiger partial charge in [-0.05, 0) is 38.5 Å². The number of nitrogens with zero attached hydrogens (tertiary/aromatic N) is 1. The zero-order chi connectivity index (χ0) is 13.1. The molecule has 2 N–H and O–H groups in total. The van der Waals surface area contributed by atoms with Crippen molar-refractivity contribution in [3.63, 3.8) is 0 Å². The normalized spacial score (nSPS) is 21.1. The van der Waals surface area contributed by atoms with Crippen LogP contribution in [-0.2, 0) is 9.59 Å². The predicted molar refractivity (Wildman–Crippen MR) is 69.6 cm³/mol. The summed E-state index contributed by atoms with van der Waals surface area (Å²) in [5, 5.41) is 0. The number of primary amides is 1. The minimum Gasteiger partial charge on any atom is -0.368 e. The Bertz CT molecular complexity index is 366. The molecule has 0 heterocycles. The number of allylic oxidation sites excluding steroid dienone is 1. The quantitative estimate of drug-likeness (QED) is 0.753. The fourth-order valence-corrected chi connectivity index (χ4v) is 2.70. The van der Waals surface area contributed by atoms with Gasteiger partial charge in [0, 0.05) is 12.1 Å². The Hall–Kier alpha value is -1.32. The van der Waals surface area contributed by atoms with E-state index in [-0.39, 0.29) is 18.5 Å². The molecule has 2 amide bonds. The molecular weight excluding hydrogens is 228 g/mol. The molecule has 2 saturated carbocycles. The van der Waals surface area contributed by atoms with Crippen LogP contribution in [0.5, 0.6) is 0 Å². The number of amides is 2. The summed E-state index contributed by atoms with van der Waals surface area (Å²) in [5.41, 5.74) is 6.39. The van der Waals surface area contributed by atoms with Crippen molar-refractivity contribution in [3.8, 4) is 0 Å². The fourth-order valence-electron chi connectivity index (χ4n) is 2.70. The Kier molecular flexibility index (Phi) is 4.04. The van der Waals surface area contributed by atoms with Crippen LogP contribution in [0.3, 0.4) is 0 Å². The summed E-state index contributed by atoms with van der Waals surface area (Å²) in [6.45, 7) is 2.06. The molecule has 2 aliphatic rings. The van der Waals surface area contributed by atoms with Gasteiger partial charge in [-0.1, -0.05) is 18.4 Å². The van der Waals surface area contributed by atoms with Crippen LogP contribution >= 0.6 is 0 Å². The Morgan fingerprint density at radius 2 is 1.83 bits per heavy atom. The topological polar surface area (TPSA) is 63.4 Å². The minimum atomic E-state index is -0.423. The molecule has 0 atom stereocenters. The first-order valence-electron chi connectivity index (χ1n) is 6.85. The number of rotatable bonds is 5. The van der Waals surface area contributed by atoms with Crippen LogP contribution in [0, 0.1) is 5.92 Å². The third kappa shape index (κ3) is 3.34. The average molecular weight is 250 g/mol. The van der Waals surface area contributed by atoms with Crippen LogP contribution in [0.4, 0.5) is 0 Å². The van der Waals surface area contributed by atoms with Crippen molar-refractivity contribution in [1.29, 1.82) is 0 Å². The third-order valence-corrected chi connectivity index (χ3v) is 3.95. The summed E-state index contributed by atoms with van der Waals surface area (Å²) in [7, 11) is 0. The third-order valence-electron chi connectivity index (χ3n) is 3.95. The lowest BCUT2D eigenvalue weighted by atomic mass is 10.1. The van der Waals surface area contributed by atoms with Crippen LogP contribution < -0.4 is 5.73 Å². The zero-order valence-corrected chi connectivity index (χ0v) is 11.0. The van der Waals surface area contributed by atoms with Gasteiger partial charge in [-0.15, -0.1) is 0 Å². The highest BCUT2D eigenvalue weighted by Crippen LogP contribution is 2.36. The van der Waals surface area contributed by atoms with Crippen LogP contribution in [0.2, 0.25) is 0 Å². The van der Waals surface area contributed by atoms with Gasteiger partial charge in [0.05, 0.1) is 6.54 Å². The van der Waals surface area contributed by atoms with Gasteiger partial charge < -0.3 is 10.6 Å². The molecule has 18 heavy (non-hydrogen) atoms. The second kappa shape index (κ2) is 5.55. The van der Waals surface area contributed by atoms with Gasteiger partial charge in [0.1, 0.15) is 0 Å². The van der Waals surface area contributed by atoms with Gasteiger partial charge in [0.15, 0.2) is 0 Å². The molecule has 2 fully saturated rings. The van der Waals surface area contributed by atoms with Crippen molar-refractivity contribution in [2.24, 2.45) is 11.7 Å². The number of hydrogen-bond donors (Lipinski definition) is 1. The van der Waals surface area contributed by atoms with Crippen LogP contribution in [0.15, 0.2) is 11.6 Å². The van der Waals surface area contributed by atoms with Crippen molar-refractivity contribution in [3.05, 3.63) is 11.6 Å². The molecule has 0 bridgehead atoms. The van der Waals surface area contributed by atoms with E-state index in [0.717, 1.165) is 31.3 Å². The minimum absolute atomic E-state index is 0.0369. The van der Waals surface area contributed by atoms with Gasteiger partial charge in [-0.3, -0.25) is 9.59 Å². The lowest BCUT2D eigenvalue weighted by Crippen LogP contribution is -2.43. The van der Waals surface area contributed by atoms with E-state index in [1.807, 2.05) is 6.92 Å². The predicted octanol–water partition coefficient (Wildman–Crippen LogP) is 1.60. The second-order valence-corrected chi connectivity index (χ2v) is 5.53. The number of carbonyl (C=O) groups is 2. The molecule has 2 rings (SSSR count). The molecule has 0 unspecified atom stereocenters. The molecule has 0 radical (unpaired) electrons. The number of carbonyl (C=O) groups excluding carboxylic acids is 2. The highest BCUT2D eigenvalue weighted by atomic mass is 16.2. The summed E-state index contributed by atoms with van der Waals surface area (Å²) in [4.78, 5) is 25.0. The first kappa shape index (κ1) is 13.1. The maximum absolute atomic E-state index is 12.3. The first-order chi connectivity index (χ1) is 8.58. The summed E-state index contributed by atoms with van der Waals surface area (Å²) in [6.07, 6.45) is 8.35. The highest BCUT2D eigenvalue weighted by molar-refractivity contribution is 5.91. The van der Waals surface area contributed by atoms with Crippen LogP contribution in [-0.4, -0.2) is 29.3 Å². The summed E-state index contributed by atoms with van der Waals surface area (Å²) in [5.74, 6) is 0.130. The molecule has 4 nitrogen and oxygen atoms in total. The van der Waals surface area contributed by atoms with Crippen molar-refractivity contribution < 1.29 is 9.59 Å². The molecule has 0 saturated heterocycles. The van der Waals surface area contributed by atoms with E-state index < -0.39 is 5.91 Å². The maximum atomic E-state index is 12.3. The van der Waals surface area contributed by atoms with Gasteiger partial charge >= 0.3 is 0 Å². The largest absolute Gasteiger partial charge is 0.368 e. The summed E-state index contributed by atoms with van der Waals surface area (Å²) >= 11 is 0. The van der Waals surface area contributed by atoms with Crippen molar-refractivity contribution >= 4 is 11.8 Å². The smallest absolute Gasteiger partial charge is 0.247 e. The van der Waals surface area contributed by atoms with Crippen LogP contribution in [0.1, 0.15) is 45.4 Å². The standard InChI is InChI=1S/C14H22N2O2/c1-10(11-6-7-11)8-14(18)16(9-13(15)17)12-4-2-3-5-12/h8,11-12H,2-7,9H2,1H3,(H2,15,17). The van der Waals surface area contributed by atoms with Crippen LogP contribution in [0.25, 0.3) is 0 Å². The lowest BCUT2D eigenvalue weighted by molar-refractivity contribution is -0.133.